The van der Waals surface area contributed by atoms with Crippen molar-refractivity contribution in [1.82, 2.24) is 0 Å². The zero-order valence-electron chi connectivity index (χ0n) is 10.7. The molecule has 1 nitrogen and oxygen atoms in total. The summed E-state index contributed by atoms with van der Waals surface area (Å²) in [4.78, 5) is 0. The van der Waals surface area contributed by atoms with Crippen LogP contribution < -0.4 is 5.32 Å². The maximum absolute atomic E-state index is 3.72. The van der Waals surface area contributed by atoms with Gasteiger partial charge in [0.1, 0.15) is 0 Å². The molecule has 0 atom stereocenters. The molecule has 0 aromatic heterocycles. The molecule has 0 aliphatic carbocycles. The standard InChI is InChI=1S/C15H23N/c1-5-6-7-12-16-14-10-8-13(9-11-14)15(2,3)4/h5,8-11,16H,1,6-7,12H2,2-4H3. The zero-order chi connectivity index (χ0) is 12.0. The Balaban J connectivity index is 2.48. The lowest BCUT2D eigenvalue weighted by Gasteiger charge is -2.19. The van der Waals surface area contributed by atoms with Crippen molar-refractivity contribution in [3.8, 4) is 0 Å². The fourth-order valence-corrected chi connectivity index (χ4v) is 1.57. The van der Waals surface area contributed by atoms with Gasteiger partial charge in [0.2, 0.25) is 0 Å². The number of anilines is 1. The van der Waals surface area contributed by atoms with Gasteiger partial charge in [-0.05, 0) is 36.0 Å². The zero-order valence-corrected chi connectivity index (χ0v) is 10.7. The molecule has 88 valence electrons. The van der Waals surface area contributed by atoms with Crippen LogP contribution in [0.4, 0.5) is 5.69 Å². The molecule has 0 amide bonds. The first-order valence-corrected chi connectivity index (χ1v) is 5.99. The number of benzene rings is 1. The maximum atomic E-state index is 3.72. The molecule has 16 heavy (non-hydrogen) atoms. The second kappa shape index (κ2) is 5.74. The summed E-state index contributed by atoms with van der Waals surface area (Å²) in [6.45, 7) is 11.4. The van der Waals surface area contributed by atoms with E-state index in [0.29, 0.717) is 0 Å². The fourth-order valence-electron chi connectivity index (χ4n) is 1.57. The summed E-state index contributed by atoms with van der Waals surface area (Å²) in [5.74, 6) is 0. The van der Waals surface area contributed by atoms with Gasteiger partial charge in [-0.25, -0.2) is 0 Å². The highest BCUT2D eigenvalue weighted by molar-refractivity contribution is 5.45. The van der Waals surface area contributed by atoms with Gasteiger partial charge in [-0.3, -0.25) is 0 Å². The van der Waals surface area contributed by atoms with Crippen LogP contribution in [0, 0.1) is 0 Å². The molecular formula is C15H23N. The van der Waals surface area contributed by atoms with Crippen LogP contribution in [0.2, 0.25) is 0 Å². The first kappa shape index (κ1) is 12.8. The Kier molecular flexibility index (Phi) is 4.60. The van der Waals surface area contributed by atoms with Gasteiger partial charge in [-0.2, -0.15) is 0 Å². The Labute approximate surface area is 99.6 Å². The SMILES string of the molecule is C=CCCCNc1ccc(C(C)(C)C)cc1. The summed E-state index contributed by atoms with van der Waals surface area (Å²) >= 11 is 0. The summed E-state index contributed by atoms with van der Waals surface area (Å²) in [5, 5.41) is 3.41. The van der Waals surface area contributed by atoms with Crippen LogP contribution >= 0.6 is 0 Å². The van der Waals surface area contributed by atoms with Crippen LogP contribution in [0.25, 0.3) is 0 Å². The third-order valence-corrected chi connectivity index (χ3v) is 2.67. The number of unbranched alkanes of at least 4 members (excludes halogenated alkanes) is 1. The van der Waals surface area contributed by atoms with E-state index >= 15 is 0 Å². The predicted molar refractivity (Wildman–Crippen MR) is 73.1 cm³/mol. The summed E-state index contributed by atoms with van der Waals surface area (Å²) in [6.07, 6.45) is 4.18. The van der Waals surface area contributed by atoms with E-state index in [-0.39, 0.29) is 5.41 Å². The van der Waals surface area contributed by atoms with Gasteiger partial charge in [-0.1, -0.05) is 39.0 Å². The monoisotopic (exact) mass is 217 g/mol. The molecule has 0 bridgehead atoms. The molecule has 1 aromatic rings. The van der Waals surface area contributed by atoms with Crippen LogP contribution in [-0.4, -0.2) is 6.54 Å². The summed E-state index contributed by atoms with van der Waals surface area (Å²) in [7, 11) is 0. The molecule has 0 saturated carbocycles. The molecule has 1 N–H and O–H groups in total. The summed E-state index contributed by atoms with van der Waals surface area (Å²) < 4.78 is 0. The van der Waals surface area contributed by atoms with Crippen LogP contribution in [0.5, 0.6) is 0 Å². The number of allylic oxidation sites excluding steroid dienone is 1. The van der Waals surface area contributed by atoms with Crippen molar-refractivity contribution in [1.29, 1.82) is 0 Å². The Morgan fingerprint density at radius 1 is 1.19 bits per heavy atom. The highest BCUT2D eigenvalue weighted by atomic mass is 14.9. The highest BCUT2D eigenvalue weighted by Crippen LogP contribution is 2.23. The Hall–Kier alpha value is -1.24. The Morgan fingerprint density at radius 3 is 2.31 bits per heavy atom. The van der Waals surface area contributed by atoms with Crippen molar-refractivity contribution in [2.45, 2.75) is 39.0 Å². The van der Waals surface area contributed by atoms with Gasteiger partial charge in [-0.15, -0.1) is 6.58 Å². The van der Waals surface area contributed by atoms with E-state index in [1.54, 1.807) is 0 Å². The maximum Gasteiger partial charge on any atom is 0.0340 e. The Bertz CT molecular complexity index is 316. The van der Waals surface area contributed by atoms with Gasteiger partial charge in [0, 0.05) is 12.2 Å². The van der Waals surface area contributed by atoms with E-state index in [1.807, 2.05) is 6.08 Å². The van der Waals surface area contributed by atoms with Crippen molar-refractivity contribution in [2.75, 3.05) is 11.9 Å². The van der Waals surface area contributed by atoms with Crippen molar-refractivity contribution in [3.63, 3.8) is 0 Å². The van der Waals surface area contributed by atoms with E-state index in [1.165, 1.54) is 11.3 Å². The van der Waals surface area contributed by atoms with Crippen LogP contribution in [0.15, 0.2) is 36.9 Å². The van der Waals surface area contributed by atoms with Gasteiger partial charge in [0.15, 0.2) is 0 Å². The Morgan fingerprint density at radius 2 is 1.81 bits per heavy atom. The number of rotatable bonds is 5. The molecule has 0 fully saturated rings. The van der Waals surface area contributed by atoms with Gasteiger partial charge < -0.3 is 5.32 Å². The third-order valence-electron chi connectivity index (χ3n) is 2.67. The average Bonchev–Trinajstić information content (AvgIpc) is 2.24. The largest absolute Gasteiger partial charge is 0.385 e. The second-order valence-electron chi connectivity index (χ2n) is 5.19. The van der Waals surface area contributed by atoms with E-state index in [2.05, 4.69) is 56.9 Å². The topological polar surface area (TPSA) is 12.0 Å². The second-order valence-corrected chi connectivity index (χ2v) is 5.19. The van der Waals surface area contributed by atoms with E-state index < -0.39 is 0 Å². The minimum atomic E-state index is 0.237. The molecular weight excluding hydrogens is 194 g/mol. The minimum Gasteiger partial charge on any atom is -0.385 e. The summed E-state index contributed by atoms with van der Waals surface area (Å²) in [6, 6.07) is 8.73. The molecule has 0 spiro atoms. The number of nitrogens with one attached hydrogen (secondary N) is 1. The van der Waals surface area contributed by atoms with Crippen LogP contribution in [-0.2, 0) is 5.41 Å². The van der Waals surface area contributed by atoms with E-state index in [9.17, 15) is 0 Å². The quantitative estimate of drug-likeness (QED) is 0.570. The van der Waals surface area contributed by atoms with Gasteiger partial charge in [0.05, 0.1) is 0 Å². The molecule has 0 unspecified atom stereocenters. The van der Waals surface area contributed by atoms with Crippen molar-refractivity contribution in [3.05, 3.63) is 42.5 Å². The lowest BCUT2D eigenvalue weighted by atomic mass is 9.87. The average molecular weight is 217 g/mol. The van der Waals surface area contributed by atoms with Crippen LogP contribution in [0.3, 0.4) is 0 Å². The van der Waals surface area contributed by atoms with E-state index in [0.717, 1.165) is 19.4 Å². The molecule has 1 aromatic carbocycles. The van der Waals surface area contributed by atoms with Crippen molar-refractivity contribution >= 4 is 5.69 Å². The van der Waals surface area contributed by atoms with Crippen molar-refractivity contribution < 1.29 is 0 Å². The number of hydrogen-bond donors (Lipinski definition) is 1. The van der Waals surface area contributed by atoms with Crippen molar-refractivity contribution in [2.24, 2.45) is 0 Å². The molecule has 0 aliphatic heterocycles. The molecule has 0 aliphatic rings. The fraction of sp³-hybridized carbons (Fsp3) is 0.467. The molecule has 1 heteroatoms. The van der Waals surface area contributed by atoms with Gasteiger partial charge >= 0.3 is 0 Å². The highest BCUT2D eigenvalue weighted by Gasteiger charge is 2.12. The normalized spacial score (nSPS) is 11.2. The van der Waals surface area contributed by atoms with E-state index in [4.69, 9.17) is 0 Å². The molecule has 0 saturated heterocycles. The first-order valence-electron chi connectivity index (χ1n) is 5.99. The lowest BCUT2D eigenvalue weighted by Crippen LogP contribution is -2.11. The predicted octanol–water partition coefficient (Wildman–Crippen LogP) is 4.36. The first-order chi connectivity index (χ1) is 7.54. The summed E-state index contributed by atoms with van der Waals surface area (Å²) in [5.41, 5.74) is 2.82. The van der Waals surface area contributed by atoms with Crippen LogP contribution in [0.1, 0.15) is 39.2 Å². The molecule has 0 radical (unpaired) electrons. The smallest absolute Gasteiger partial charge is 0.0340 e. The minimum absolute atomic E-state index is 0.237. The molecule has 1 rings (SSSR count). The number of hydrogen-bond acceptors (Lipinski definition) is 1. The third kappa shape index (κ3) is 4.09. The molecule has 0 heterocycles. The lowest BCUT2D eigenvalue weighted by molar-refractivity contribution is 0.590. The van der Waals surface area contributed by atoms with Gasteiger partial charge in [0.25, 0.3) is 0 Å².